The molecule has 4 nitrogen and oxygen atoms in total. The van der Waals surface area contributed by atoms with Gasteiger partial charge in [-0.1, -0.05) is 18.2 Å². The van der Waals surface area contributed by atoms with Crippen molar-refractivity contribution in [3.63, 3.8) is 0 Å². The maximum Gasteiger partial charge on any atom is 0.328 e. The standard InChI is InChI=1S/C14H16N2O2/c17-13(11-7-8-11)15-14(18)16-9-3-5-10-4-1-2-6-12(10)16/h1-2,4,6,11H,3,5,7-9H2,(H,15,17,18). The summed E-state index contributed by atoms with van der Waals surface area (Å²) < 4.78 is 0. The molecular formula is C14H16N2O2. The molecular weight excluding hydrogens is 228 g/mol. The van der Waals surface area contributed by atoms with Crippen molar-refractivity contribution in [2.45, 2.75) is 25.7 Å². The minimum atomic E-state index is -0.279. The third-order valence-electron chi connectivity index (χ3n) is 3.53. The smallest absolute Gasteiger partial charge is 0.294 e. The van der Waals surface area contributed by atoms with E-state index >= 15 is 0 Å². The number of hydrogen-bond acceptors (Lipinski definition) is 2. The number of rotatable bonds is 1. The maximum absolute atomic E-state index is 12.1. The Bertz CT molecular complexity index is 494. The number of nitrogens with zero attached hydrogens (tertiary/aromatic N) is 1. The number of nitrogens with one attached hydrogen (secondary N) is 1. The number of anilines is 1. The van der Waals surface area contributed by atoms with Crippen LogP contribution in [0.15, 0.2) is 24.3 Å². The van der Waals surface area contributed by atoms with Crippen LogP contribution in [0.3, 0.4) is 0 Å². The third kappa shape index (κ3) is 2.10. The van der Waals surface area contributed by atoms with Crippen molar-refractivity contribution in [1.29, 1.82) is 0 Å². The molecule has 1 aromatic carbocycles. The highest BCUT2D eigenvalue weighted by Crippen LogP contribution is 2.30. The van der Waals surface area contributed by atoms with Gasteiger partial charge in [-0.3, -0.25) is 15.0 Å². The van der Waals surface area contributed by atoms with Gasteiger partial charge in [0.05, 0.1) is 0 Å². The number of aryl methyl sites for hydroxylation is 1. The average Bonchev–Trinajstić information content (AvgIpc) is 3.22. The van der Waals surface area contributed by atoms with Gasteiger partial charge in [0.1, 0.15) is 0 Å². The number of carbonyl (C=O) groups is 2. The molecule has 4 heteroatoms. The lowest BCUT2D eigenvalue weighted by Gasteiger charge is -2.29. The quantitative estimate of drug-likeness (QED) is 0.822. The van der Waals surface area contributed by atoms with E-state index in [4.69, 9.17) is 0 Å². The van der Waals surface area contributed by atoms with Gasteiger partial charge in [0, 0.05) is 18.2 Å². The van der Waals surface area contributed by atoms with E-state index in [-0.39, 0.29) is 17.9 Å². The van der Waals surface area contributed by atoms with Crippen LogP contribution in [0, 0.1) is 5.92 Å². The Balaban J connectivity index is 1.76. The number of benzene rings is 1. The van der Waals surface area contributed by atoms with Crippen LogP contribution in [0.2, 0.25) is 0 Å². The highest BCUT2D eigenvalue weighted by Gasteiger charge is 2.32. The lowest BCUT2D eigenvalue weighted by atomic mass is 10.0. The molecule has 1 saturated carbocycles. The molecule has 0 atom stereocenters. The molecule has 2 aliphatic rings. The van der Waals surface area contributed by atoms with Crippen LogP contribution in [0.25, 0.3) is 0 Å². The number of amides is 3. The average molecular weight is 244 g/mol. The molecule has 3 rings (SSSR count). The van der Waals surface area contributed by atoms with Gasteiger partial charge in [-0.15, -0.1) is 0 Å². The number of hydrogen-bond donors (Lipinski definition) is 1. The van der Waals surface area contributed by atoms with Gasteiger partial charge in [-0.25, -0.2) is 4.79 Å². The molecule has 0 saturated heterocycles. The summed E-state index contributed by atoms with van der Waals surface area (Å²) in [4.78, 5) is 25.4. The Morgan fingerprint density at radius 2 is 2.00 bits per heavy atom. The number of imide groups is 1. The Kier molecular flexibility index (Phi) is 2.78. The van der Waals surface area contributed by atoms with Crippen LogP contribution >= 0.6 is 0 Å². The fraction of sp³-hybridized carbons (Fsp3) is 0.429. The van der Waals surface area contributed by atoms with Crippen LogP contribution in [-0.2, 0) is 11.2 Å². The topological polar surface area (TPSA) is 49.4 Å². The zero-order valence-electron chi connectivity index (χ0n) is 10.2. The van der Waals surface area contributed by atoms with E-state index in [0.717, 1.165) is 31.4 Å². The fourth-order valence-corrected chi connectivity index (χ4v) is 2.37. The monoisotopic (exact) mass is 244 g/mol. The predicted molar refractivity (Wildman–Crippen MR) is 68.4 cm³/mol. The summed E-state index contributed by atoms with van der Waals surface area (Å²) in [6.45, 7) is 0.681. The molecule has 1 N–H and O–H groups in total. The van der Waals surface area contributed by atoms with Gasteiger partial charge in [0.15, 0.2) is 0 Å². The molecule has 0 spiro atoms. The van der Waals surface area contributed by atoms with Crippen molar-refractivity contribution >= 4 is 17.6 Å². The normalized spacial score (nSPS) is 18.1. The van der Waals surface area contributed by atoms with Crippen molar-refractivity contribution in [3.8, 4) is 0 Å². The number of carbonyl (C=O) groups excluding carboxylic acids is 2. The molecule has 18 heavy (non-hydrogen) atoms. The second-order valence-electron chi connectivity index (χ2n) is 4.95. The molecule has 1 heterocycles. The molecule has 1 fully saturated rings. The molecule has 0 unspecified atom stereocenters. The van der Waals surface area contributed by atoms with Crippen LogP contribution in [0.1, 0.15) is 24.8 Å². The Morgan fingerprint density at radius 3 is 2.78 bits per heavy atom. The molecule has 0 radical (unpaired) electrons. The Labute approximate surface area is 106 Å². The number of fused-ring (bicyclic) bond motifs is 1. The van der Waals surface area contributed by atoms with Crippen LogP contribution in [0.5, 0.6) is 0 Å². The lowest BCUT2D eigenvalue weighted by Crippen LogP contribution is -2.45. The van der Waals surface area contributed by atoms with Gasteiger partial charge < -0.3 is 0 Å². The molecule has 3 amide bonds. The second-order valence-corrected chi connectivity index (χ2v) is 4.95. The third-order valence-corrected chi connectivity index (χ3v) is 3.53. The summed E-state index contributed by atoms with van der Waals surface area (Å²) in [5, 5.41) is 2.50. The van der Waals surface area contributed by atoms with E-state index in [2.05, 4.69) is 5.32 Å². The second kappa shape index (κ2) is 4.44. The van der Waals surface area contributed by atoms with Crippen molar-refractivity contribution in [2.24, 2.45) is 5.92 Å². The molecule has 0 aromatic heterocycles. The lowest BCUT2D eigenvalue weighted by molar-refractivity contribution is -0.121. The van der Waals surface area contributed by atoms with Crippen LogP contribution in [-0.4, -0.2) is 18.5 Å². The summed E-state index contributed by atoms with van der Waals surface area (Å²) in [6, 6.07) is 7.61. The fourth-order valence-electron chi connectivity index (χ4n) is 2.37. The number of urea groups is 1. The largest absolute Gasteiger partial charge is 0.328 e. The predicted octanol–water partition coefficient (Wildman–Crippen LogP) is 2.09. The first-order valence-electron chi connectivity index (χ1n) is 6.46. The molecule has 0 bridgehead atoms. The summed E-state index contributed by atoms with van der Waals surface area (Å²) in [6.07, 6.45) is 3.77. The first kappa shape index (κ1) is 11.3. The SMILES string of the molecule is O=C(NC(=O)N1CCCc2ccccc21)C1CC1. The van der Waals surface area contributed by atoms with E-state index in [9.17, 15) is 9.59 Å². The highest BCUT2D eigenvalue weighted by molar-refractivity contribution is 6.04. The summed E-state index contributed by atoms with van der Waals surface area (Å²) in [5.74, 6) is -0.0583. The van der Waals surface area contributed by atoms with Gasteiger partial charge in [-0.2, -0.15) is 0 Å². The first-order chi connectivity index (χ1) is 8.75. The molecule has 1 aliphatic carbocycles. The minimum absolute atomic E-state index is 0.0639. The highest BCUT2D eigenvalue weighted by atomic mass is 16.2. The number of para-hydroxylation sites is 1. The van der Waals surface area contributed by atoms with Crippen molar-refractivity contribution in [1.82, 2.24) is 5.32 Å². The Hall–Kier alpha value is -1.84. The van der Waals surface area contributed by atoms with Gasteiger partial charge >= 0.3 is 6.03 Å². The summed E-state index contributed by atoms with van der Waals surface area (Å²) in [7, 11) is 0. The molecule has 1 aromatic rings. The van der Waals surface area contributed by atoms with E-state index in [1.54, 1.807) is 4.90 Å². The minimum Gasteiger partial charge on any atom is -0.294 e. The Morgan fingerprint density at radius 1 is 1.22 bits per heavy atom. The zero-order chi connectivity index (χ0) is 12.5. The van der Waals surface area contributed by atoms with Gasteiger partial charge in [0.2, 0.25) is 5.91 Å². The van der Waals surface area contributed by atoms with Crippen molar-refractivity contribution in [3.05, 3.63) is 29.8 Å². The van der Waals surface area contributed by atoms with E-state index in [0.29, 0.717) is 6.54 Å². The van der Waals surface area contributed by atoms with Gasteiger partial charge in [-0.05, 0) is 37.3 Å². The van der Waals surface area contributed by atoms with Crippen LogP contribution < -0.4 is 10.2 Å². The van der Waals surface area contributed by atoms with Crippen molar-refractivity contribution in [2.75, 3.05) is 11.4 Å². The van der Waals surface area contributed by atoms with E-state index in [1.165, 1.54) is 5.56 Å². The first-order valence-corrected chi connectivity index (χ1v) is 6.46. The maximum atomic E-state index is 12.1. The van der Waals surface area contributed by atoms with Crippen LogP contribution in [0.4, 0.5) is 10.5 Å². The van der Waals surface area contributed by atoms with E-state index in [1.807, 2.05) is 24.3 Å². The summed E-state index contributed by atoms with van der Waals surface area (Å²) in [5.41, 5.74) is 2.11. The molecule has 1 aliphatic heterocycles. The zero-order valence-corrected chi connectivity index (χ0v) is 10.2. The molecule has 94 valence electrons. The van der Waals surface area contributed by atoms with E-state index < -0.39 is 0 Å². The summed E-state index contributed by atoms with van der Waals surface area (Å²) >= 11 is 0. The van der Waals surface area contributed by atoms with Crippen molar-refractivity contribution < 1.29 is 9.59 Å². The van der Waals surface area contributed by atoms with Gasteiger partial charge in [0.25, 0.3) is 0 Å².